The molecule has 1 fully saturated rings. The van der Waals surface area contributed by atoms with Crippen molar-refractivity contribution in [3.63, 3.8) is 0 Å². The molecule has 1 rings (SSSR count). The van der Waals surface area contributed by atoms with Gasteiger partial charge in [-0.1, -0.05) is 0 Å². The Balaban J connectivity index is 2.37. The summed E-state index contributed by atoms with van der Waals surface area (Å²) in [6.45, 7) is 5.48. The molecule has 1 saturated heterocycles. The van der Waals surface area contributed by atoms with Crippen molar-refractivity contribution in [1.82, 2.24) is 14.7 Å². The summed E-state index contributed by atoms with van der Waals surface area (Å²) in [5, 5.41) is 0. The van der Waals surface area contributed by atoms with Gasteiger partial charge in [0.05, 0.1) is 0 Å². The van der Waals surface area contributed by atoms with Gasteiger partial charge in [0.2, 0.25) is 0 Å². The fourth-order valence-corrected chi connectivity index (χ4v) is 2.37. The van der Waals surface area contributed by atoms with Crippen LogP contribution in [0.1, 0.15) is 12.8 Å². The second-order valence-corrected chi connectivity index (χ2v) is 5.47. The van der Waals surface area contributed by atoms with Gasteiger partial charge in [0.15, 0.2) is 0 Å². The van der Waals surface area contributed by atoms with Gasteiger partial charge in [-0.05, 0) is 54.1 Å². The van der Waals surface area contributed by atoms with Crippen molar-refractivity contribution in [2.45, 2.75) is 18.4 Å². The number of piperidine rings is 1. The second-order valence-electron chi connectivity index (χ2n) is 5.47. The number of likely N-dealkylation sites (tertiary alicyclic amines) is 1. The van der Waals surface area contributed by atoms with Crippen LogP contribution in [0.2, 0.25) is 0 Å². The van der Waals surface area contributed by atoms with Crippen LogP contribution in [0.15, 0.2) is 0 Å². The summed E-state index contributed by atoms with van der Waals surface area (Å²) in [5.74, 6) is 0. The van der Waals surface area contributed by atoms with E-state index in [4.69, 9.17) is 5.73 Å². The molecule has 0 aliphatic carbocycles. The number of likely N-dealkylation sites (N-methyl/N-ethyl adjacent to an activating group) is 2. The molecule has 0 saturated carbocycles. The molecule has 96 valence electrons. The molecule has 1 heterocycles. The minimum atomic E-state index is 0.245. The third-order valence-corrected chi connectivity index (χ3v) is 3.98. The summed E-state index contributed by atoms with van der Waals surface area (Å²) in [5.41, 5.74) is 6.18. The van der Waals surface area contributed by atoms with Crippen molar-refractivity contribution >= 4 is 0 Å². The molecular formula is C12H28N4. The van der Waals surface area contributed by atoms with Crippen LogP contribution >= 0.6 is 0 Å². The number of hydrogen-bond donors (Lipinski definition) is 1. The quantitative estimate of drug-likeness (QED) is 0.713. The Morgan fingerprint density at radius 1 is 1.12 bits per heavy atom. The average Bonchev–Trinajstić information content (AvgIpc) is 2.26. The zero-order valence-electron chi connectivity index (χ0n) is 11.4. The van der Waals surface area contributed by atoms with Crippen molar-refractivity contribution in [3.05, 3.63) is 0 Å². The number of rotatable bonds is 5. The molecule has 0 spiro atoms. The molecule has 4 heteroatoms. The van der Waals surface area contributed by atoms with Crippen molar-refractivity contribution in [3.8, 4) is 0 Å². The van der Waals surface area contributed by atoms with Gasteiger partial charge in [-0.25, -0.2) is 0 Å². The van der Waals surface area contributed by atoms with Crippen molar-refractivity contribution in [1.29, 1.82) is 0 Å². The summed E-state index contributed by atoms with van der Waals surface area (Å²) in [7, 11) is 8.58. The maximum absolute atomic E-state index is 5.94. The van der Waals surface area contributed by atoms with E-state index in [1.165, 1.54) is 32.5 Å². The van der Waals surface area contributed by atoms with E-state index in [-0.39, 0.29) is 5.54 Å². The molecule has 0 aromatic carbocycles. The molecule has 16 heavy (non-hydrogen) atoms. The largest absolute Gasteiger partial charge is 0.329 e. The Labute approximate surface area is 100 Å². The summed E-state index contributed by atoms with van der Waals surface area (Å²) in [4.78, 5) is 7.12. The van der Waals surface area contributed by atoms with Gasteiger partial charge < -0.3 is 20.4 Å². The van der Waals surface area contributed by atoms with Gasteiger partial charge >= 0.3 is 0 Å². The Morgan fingerprint density at radius 3 is 2.06 bits per heavy atom. The van der Waals surface area contributed by atoms with Gasteiger partial charge in [-0.2, -0.15) is 0 Å². The summed E-state index contributed by atoms with van der Waals surface area (Å²) in [6, 6.07) is 0. The third kappa shape index (κ3) is 3.42. The van der Waals surface area contributed by atoms with Crippen LogP contribution in [0.25, 0.3) is 0 Å². The minimum Gasteiger partial charge on any atom is -0.329 e. The van der Waals surface area contributed by atoms with Crippen LogP contribution in [-0.4, -0.2) is 81.2 Å². The van der Waals surface area contributed by atoms with Gasteiger partial charge in [-0.3, -0.25) is 0 Å². The van der Waals surface area contributed by atoms with Crippen LogP contribution in [0.3, 0.4) is 0 Å². The van der Waals surface area contributed by atoms with E-state index in [1.54, 1.807) is 0 Å². The van der Waals surface area contributed by atoms with Crippen molar-refractivity contribution in [2.24, 2.45) is 5.73 Å². The van der Waals surface area contributed by atoms with Crippen LogP contribution in [0.5, 0.6) is 0 Å². The highest BCUT2D eigenvalue weighted by atomic mass is 15.2. The minimum absolute atomic E-state index is 0.245. The first kappa shape index (κ1) is 13.9. The van der Waals surface area contributed by atoms with Crippen LogP contribution < -0.4 is 5.73 Å². The Morgan fingerprint density at radius 2 is 1.69 bits per heavy atom. The first-order chi connectivity index (χ1) is 7.50. The van der Waals surface area contributed by atoms with E-state index in [0.29, 0.717) is 0 Å². The lowest BCUT2D eigenvalue weighted by molar-refractivity contribution is 0.0604. The molecule has 0 radical (unpaired) electrons. The zero-order valence-corrected chi connectivity index (χ0v) is 11.4. The third-order valence-electron chi connectivity index (χ3n) is 3.98. The van der Waals surface area contributed by atoms with Crippen LogP contribution in [0, 0.1) is 0 Å². The normalized spacial score (nSPS) is 21.9. The number of nitrogens with zero attached hydrogens (tertiary/aromatic N) is 3. The Bertz CT molecular complexity index is 195. The van der Waals surface area contributed by atoms with E-state index in [1.807, 2.05) is 0 Å². The first-order valence-corrected chi connectivity index (χ1v) is 6.25. The number of hydrogen-bond acceptors (Lipinski definition) is 4. The molecule has 0 unspecified atom stereocenters. The monoisotopic (exact) mass is 228 g/mol. The van der Waals surface area contributed by atoms with E-state index < -0.39 is 0 Å². The Kier molecular flexibility index (Phi) is 5.18. The molecule has 2 N–H and O–H groups in total. The molecular weight excluding hydrogens is 200 g/mol. The van der Waals surface area contributed by atoms with Gasteiger partial charge in [-0.15, -0.1) is 0 Å². The first-order valence-electron chi connectivity index (χ1n) is 6.25. The molecule has 0 bridgehead atoms. The van der Waals surface area contributed by atoms with Gasteiger partial charge in [0, 0.05) is 25.2 Å². The fraction of sp³-hybridized carbons (Fsp3) is 1.00. The van der Waals surface area contributed by atoms with Gasteiger partial charge in [0.1, 0.15) is 0 Å². The summed E-state index contributed by atoms with van der Waals surface area (Å²) < 4.78 is 0. The SMILES string of the molecule is CN(C)CCN1CCC(CN)(N(C)C)CC1. The smallest absolute Gasteiger partial charge is 0.0349 e. The molecule has 0 amide bonds. The standard InChI is InChI=1S/C12H28N4/c1-14(2)9-10-16-7-5-12(11-13,6-8-16)15(3)4/h5-11,13H2,1-4H3. The number of nitrogens with two attached hydrogens (primary N) is 1. The predicted octanol–water partition coefficient (Wildman–Crippen LogP) is -0.0971. The second kappa shape index (κ2) is 5.96. The molecule has 0 aromatic heterocycles. The molecule has 4 nitrogen and oxygen atoms in total. The lowest BCUT2D eigenvalue weighted by atomic mass is 9.86. The van der Waals surface area contributed by atoms with E-state index in [0.717, 1.165) is 13.1 Å². The highest BCUT2D eigenvalue weighted by molar-refractivity contribution is 4.94. The highest BCUT2D eigenvalue weighted by Gasteiger charge is 2.34. The lowest BCUT2D eigenvalue weighted by Gasteiger charge is -2.45. The van der Waals surface area contributed by atoms with Crippen LogP contribution in [-0.2, 0) is 0 Å². The molecule has 1 aliphatic heterocycles. The van der Waals surface area contributed by atoms with E-state index >= 15 is 0 Å². The van der Waals surface area contributed by atoms with E-state index in [9.17, 15) is 0 Å². The van der Waals surface area contributed by atoms with Crippen molar-refractivity contribution in [2.75, 3.05) is 60.9 Å². The molecule has 0 atom stereocenters. The maximum Gasteiger partial charge on any atom is 0.0349 e. The van der Waals surface area contributed by atoms with Gasteiger partial charge in [0.25, 0.3) is 0 Å². The lowest BCUT2D eigenvalue weighted by Crippen LogP contribution is -2.57. The average molecular weight is 228 g/mol. The fourth-order valence-electron chi connectivity index (χ4n) is 2.37. The zero-order chi connectivity index (χ0) is 12.2. The summed E-state index contributed by atoms with van der Waals surface area (Å²) >= 11 is 0. The Hall–Kier alpha value is -0.160. The molecule has 1 aliphatic rings. The highest BCUT2D eigenvalue weighted by Crippen LogP contribution is 2.25. The summed E-state index contributed by atoms with van der Waals surface area (Å²) in [6.07, 6.45) is 2.40. The van der Waals surface area contributed by atoms with E-state index in [2.05, 4.69) is 42.9 Å². The van der Waals surface area contributed by atoms with Crippen LogP contribution in [0.4, 0.5) is 0 Å². The topological polar surface area (TPSA) is 35.7 Å². The molecule has 0 aromatic rings. The maximum atomic E-state index is 5.94. The predicted molar refractivity (Wildman–Crippen MR) is 69.7 cm³/mol. The van der Waals surface area contributed by atoms with Crippen molar-refractivity contribution < 1.29 is 0 Å².